The molecule has 1 atom stereocenters. The maximum absolute atomic E-state index is 11.7. The van der Waals surface area contributed by atoms with E-state index in [9.17, 15) is 9.90 Å². The van der Waals surface area contributed by atoms with E-state index >= 15 is 0 Å². The zero-order valence-electron chi connectivity index (χ0n) is 15.5. The highest BCUT2D eigenvalue weighted by Crippen LogP contribution is 2.37. The summed E-state index contributed by atoms with van der Waals surface area (Å²) in [5.41, 5.74) is 4.73. The maximum atomic E-state index is 11.7. The van der Waals surface area contributed by atoms with Crippen molar-refractivity contribution in [2.24, 2.45) is 4.99 Å². The molecule has 1 unspecified atom stereocenters. The van der Waals surface area contributed by atoms with E-state index < -0.39 is 6.09 Å². The zero-order valence-corrected chi connectivity index (χ0v) is 15.5. The molecule has 1 N–H and O–H groups in total. The van der Waals surface area contributed by atoms with Crippen LogP contribution >= 0.6 is 0 Å². The number of likely N-dealkylation sites (tertiary alicyclic amines) is 1. The predicted octanol–water partition coefficient (Wildman–Crippen LogP) is 5.67. The molecule has 4 nitrogen and oxygen atoms in total. The zero-order chi connectivity index (χ0) is 19.3. The lowest BCUT2D eigenvalue weighted by atomic mass is 10.00. The summed E-state index contributed by atoms with van der Waals surface area (Å²) in [7, 11) is 0. The normalized spacial score (nSPS) is 16.0. The van der Waals surface area contributed by atoms with Crippen LogP contribution in [0.2, 0.25) is 0 Å². The number of amides is 1. The minimum absolute atomic E-state index is 0.148. The standard InChI is InChI=1S/C24H22N2O2/c27-24(28)26-17-9-16-22(26)20-14-7-8-15-21(20)25-23(18-10-3-1-4-11-18)19-12-5-2-6-13-19/h1-8,10-15,22H,9,16-17H2,(H,27,28). The lowest BCUT2D eigenvalue weighted by Gasteiger charge is -2.23. The van der Waals surface area contributed by atoms with Gasteiger partial charge in [-0.05, 0) is 18.9 Å². The SMILES string of the molecule is O=C(O)N1CCCC1c1ccccc1N=C(c1ccccc1)c1ccccc1. The number of benzene rings is 3. The van der Waals surface area contributed by atoms with E-state index in [4.69, 9.17) is 4.99 Å². The fourth-order valence-electron chi connectivity index (χ4n) is 3.80. The van der Waals surface area contributed by atoms with Crippen molar-refractivity contribution in [3.63, 3.8) is 0 Å². The van der Waals surface area contributed by atoms with Crippen LogP contribution in [0, 0.1) is 0 Å². The molecule has 4 heteroatoms. The molecule has 1 heterocycles. The molecule has 4 rings (SSSR count). The highest BCUT2D eigenvalue weighted by Gasteiger charge is 2.31. The fraction of sp³-hybridized carbons (Fsp3) is 0.167. The van der Waals surface area contributed by atoms with Crippen LogP contribution in [0.5, 0.6) is 0 Å². The van der Waals surface area contributed by atoms with Crippen LogP contribution in [0.1, 0.15) is 35.6 Å². The third-order valence-corrected chi connectivity index (χ3v) is 5.12. The molecule has 140 valence electrons. The van der Waals surface area contributed by atoms with Gasteiger partial charge >= 0.3 is 6.09 Å². The predicted molar refractivity (Wildman–Crippen MR) is 111 cm³/mol. The second-order valence-electron chi connectivity index (χ2n) is 6.89. The van der Waals surface area contributed by atoms with Gasteiger partial charge in [0.15, 0.2) is 0 Å². The molecule has 1 fully saturated rings. The van der Waals surface area contributed by atoms with Crippen LogP contribution in [0.15, 0.2) is 89.9 Å². The van der Waals surface area contributed by atoms with E-state index in [1.807, 2.05) is 84.9 Å². The van der Waals surface area contributed by atoms with Crippen molar-refractivity contribution in [1.82, 2.24) is 4.90 Å². The van der Waals surface area contributed by atoms with E-state index in [-0.39, 0.29) is 6.04 Å². The lowest BCUT2D eigenvalue weighted by Crippen LogP contribution is -2.28. The average Bonchev–Trinajstić information content (AvgIpc) is 3.24. The Labute approximate surface area is 164 Å². The summed E-state index contributed by atoms with van der Waals surface area (Å²) in [6, 6.07) is 27.9. The molecule has 1 amide bonds. The maximum Gasteiger partial charge on any atom is 0.407 e. The van der Waals surface area contributed by atoms with Crippen molar-refractivity contribution in [3.05, 3.63) is 102 Å². The first-order valence-corrected chi connectivity index (χ1v) is 9.52. The van der Waals surface area contributed by atoms with Gasteiger partial charge in [-0.1, -0.05) is 78.9 Å². The number of aliphatic imine (C=N–C) groups is 1. The summed E-state index contributed by atoms with van der Waals surface area (Å²) in [6.45, 7) is 0.572. The number of carbonyl (C=O) groups is 1. The van der Waals surface area contributed by atoms with Crippen LogP contribution in [-0.2, 0) is 0 Å². The van der Waals surface area contributed by atoms with E-state index in [0.717, 1.165) is 40.9 Å². The van der Waals surface area contributed by atoms with Crippen LogP contribution in [0.3, 0.4) is 0 Å². The topological polar surface area (TPSA) is 52.9 Å². The summed E-state index contributed by atoms with van der Waals surface area (Å²) < 4.78 is 0. The summed E-state index contributed by atoms with van der Waals surface area (Å²) >= 11 is 0. The summed E-state index contributed by atoms with van der Waals surface area (Å²) in [4.78, 5) is 18.2. The van der Waals surface area contributed by atoms with Crippen LogP contribution in [-0.4, -0.2) is 28.4 Å². The number of nitrogens with zero attached hydrogens (tertiary/aromatic N) is 2. The van der Waals surface area contributed by atoms with E-state index in [1.165, 1.54) is 4.90 Å². The number of rotatable bonds is 4. The average molecular weight is 370 g/mol. The van der Waals surface area contributed by atoms with E-state index in [0.29, 0.717) is 6.54 Å². The Kier molecular flexibility index (Phi) is 5.20. The number of hydrogen-bond donors (Lipinski definition) is 1. The molecule has 28 heavy (non-hydrogen) atoms. The Morgan fingerprint density at radius 1 is 0.857 bits per heavy atom. The van der Waals surface area contributed by atoms with Crippen molar-refractivity contribution in [2.45, 2.75) is 18.9 Å². The molecule has 0 spiro atoms. The quantitative estimate of drug-likeness (QED) is 0.602. The first-order valence-electron chi connectivity index (χ1n) is 9.52. The monoisotopic (exact) mass is 370 g/mol. The molecule has 1 aliphatic rings. The van der Waals surface area contributed by atoms with Gasteiger partial charge in [0, 0.05) is 23.2 Å². The van der Waals surface area contributed by atoms with Gasteiger partial charge in [-0.2, -0.15) is 0 Å². The Morgan fingerprint density at radius 3 is 2.04 bits per heavy atom. The highest BCUT2D eigenvalue weighted by molar-refractivity contribution is 6.14. The molecule has 0 saturated carbocycles. The molecule has 0 bridgehead atoms. The first kappa shape index (κ1) is 18.0. The summed E-state index contributed by atoms with van der Waals surface area (Å²) in [5.74, 6) is 0. The second-order valence-corrected chi connectivity index (χ2v) is 6.89. The van der Waals surface area contributed by atoms with Crippen LogP contribution in [0.4, 0.5) is 10.5 Å². The van der Waals surface area contributed by atoms with Crippen molar-refractivity contribution in [1.29, 1.82) is 0 Å². The minimum atomic E-state index is -0.868. The molecule has 3 aromatic rings. The lowest BCUT2D eigenvalue weighted by molar-refractivity contribution is 0.140. The first-order chi connectivity index (χ1) is 13.7. The molecule has 0 aliphatic carbocycles. The molecular formula is C24H22N2O2. The van der Waals surface area contributed by atoms with Crippen molar-refractivity contribution < 1.29 is 9.90 Å². The van der Waals surface area contributed by atoms with Crippen LogP contribution in [0.25, 0.3) is 0 Å². The van der Waals surface area contributed by atoms with E-state index in [2.05, 4.69) is 0 Å². The molecular weight excluding hydrogens is 348 g/mol. The van der Waals surface area contributed by atoms with Gasteiger partial charge in [-0.3, -0.25) is 0 Å². The Hall–Kier alpha value is -3.40. The van der Waals surface area contributed by atoms with Crippen molar-refractivity contribution in [2.75, 3.05) is 6.54 Å². The van der Waals surface area contributed by atoms with Gasteiger partial charge in [0.1, 0.15) is 0 Å². The number of hydrogen-bond acceptors (Lipinski definition) is 2. The summed E-state index contributed by atoms with van der Waals surface area (Å²) in [5, 5.41) is 9.56. The Balaban J connectivity index is 1.83. The number of carboxylic acid groups (broad SMARTS) is 1. The van der Waals surface area contributed by atoms with Gasteiger partial charge in [0.2, 0.25) is 0 Å². The van der Waals surface area contributed by atoms with Gasteiger partial charge in [-0.25, -0.2) is 9.79 Å². The van der Waals surface area contributed by atoms with Gasteiger partial charge in [0.25, 0.3) is 0 Å². The highest BCUT2D eigenvalue weighted by atomic mass is 16.4. The second kappa shape index (κ2) is 8.09. The van der Waals surface area contributed by atoms with Gasteiger partial charge in [-0.15, -0.1) is 0 Å². The molecule has 1 saturated heterocycles. The summed E-state index contributed by atoms with van der Waals surface area (Å²) in [6.07, 6.45) is 0.831. The largest absolute Gasteiger partial charge is 0.465 e. The van der Waals surface area contributed by atoms with Gasteiger partial charge in [0.05, 0.1) is 17.4 Å². The van der Waals surface area contributed by atoms with Gasteiger partial charge < -0.3 is 10.0 Å². The van der Waals surface area contributed by atoms with Crippen molar-refractivity contribution >= 4 is 17.5 Å². The Bertz CT molecular complexity index is 942. The number of para-hydroxylation sites is 1. The fourth-order valence-corrected chi connectivity index (χ4v) is 3.80. The Morgan fingerprint density at radius 2 is 1.43 bits per heavy atom. The smallest absolute Gasteiger partial charge is 0.407 e. The molecule has 0 radical (unpaired) electrons. The minimum Gasteiger partial charge on any atom is -0.465 e. The van der Waals surface area contributed by atoms with Crippen molar-refractivity contribution in [3.8, 4) is 0 Å². The molecule has 0 aromatic heterocycles. The molecule has 1 aliphatic heterocycles. The van der Waals surface area contributed by atoms with E-state index in [1.54, 1.807) is 0 Å². The van der Waals surface area contributed by atoms with Crippen LogP contribution < -0.4 is 0 Å². The third kappa shape index (κ3) is 3.67. The third-order valence-electron chi connectivity index (χ3n) is 5.12. The molecule has 3 aromatic carbocycles.